The van der Waals surface area contributed by atoms with Gasteiger partial charge in [0, 0.05) is 32.8 Å². The first-order valence-electron chi connectivity index (χ1n) is 17.2. The van der Waals surface area contributed by atoms with Gasteiger partial charge in [0.05, 0.1) is 33.5 Å². The highest BCUT2D eigenvalue weighted by Crippen LogP contribution is 2.45. The Bertz CT molecular complexity index is 2720. The van der Waals surface area contributed by atoms with E-state index in [1.807, 2.05) is 18.2 Å². The van der Waals surface area contributed by atoms with Gasteiger partial charge in [-0.1, -0.05) is 79.4 Å². The van der Waals surface area contributed by atoms with Crippen molar-refractivity contribution in [2.75, 3.05) is 0 Å². The van der Waals surface area contributed by atoms with Gasteiger partial charge in [0.15, 0.2) is 0 Å². The molecule has 3 heterocycles. The van der Waals surface area contributed by atoms with Crippen LogP contribution in [0.1, 0.15) is 34.9 Å². The lowest BCUT2D eigenvalue weighted by atomic mass is 9.86. The Hall–Kier alpha value is -6.00. The van der Waals surface area contributed by atoms with Crippen molar-refractivity contribution >= 4 is 49.2 Å². The molecule has 3 aromatic heterocycles. The smallest absolute Gasteiger partial charge is 0.235 e. The molecule has 2 aliphatic carbocycles. The summed E-state index contributed by atoms with van der Waals surface area (Å²) in [6, 6.07) is 37.7. The Kier molecular flexibility index (Phi) is 6.16. The van der Waals surface area contributed by atoms with Crippen LogP contribution in [-0.2, 0) is 25.7 Å². The van der Waals surface area contributed by atoms with E-state index in [2.05, 4.69) is 126 Å². The maximum Gasteiger partial charge on any atom is 0.235 e. The standard InChI is InChI=1S/C45H34N4/c1-3-4-7-12-28(2)37-27-38(29-13-8-5-9-14-29)47-45(46-37)49-40-22-21-39-43(44(40)36-24-31-18-20-33(31)26-42(36)49)35-23-30-17-19-32(30)25-41(35)48(39)34-15-10-6-11-16-34/h3-16,21-27H,1,17-20H2,2H3/b7-4-,28-12+. The van der Waals surface area contributed by atoms with Gasteiger partial charge in [0.25, 0.3) is 0 Å². The molecule has 0 radical (unpaired) electrons. The Morgan fingerprint density at radius 3 is 1.80 bits per heavy atom. The van der Waals surface area contributed by atoms with Crippen LogP contribution in [0.3, 0.4) is 0 Å². The lowest BCUT2D eigenvalue weighted by molar-refractivity contribution is 0.842. The molecule has 2 aliphatic rings. The van der Waals surface area contributed by atoms with E-state index >= 15 is 0 Å². The monoisotopic (exact) mass is 630 g/mol. The number of fused-ring (bicyclic) bond motifs is 9. The Morgan fingerprint density at radius 2 is 1.18 bits per heavy atom. The SMILES string of the molecule is C=C/C=C\C=C(/C)c1cc(-c2ccccc2)nc(-n2c3cc4c(cc3c3c5c6cc7c(cc6n(-c6ccccc6)c5ccc32)CC7)CC4)n1. The fourth-order valence-corrected chi connectivity index (χ4v) is 7.93. The van der Waals surface area contributed by atoms with Crippen molar-refractivity contribution in [1.29, 1.82) is 0 Å². The minimum atomic E-state index is 0.686. The summed E-state index contributed by atoms with van der Waals surface area (Å²) in [6.07, 6.45) is 12.4. The van der Waals surface area contributed by atoms with Crippen molar-refractivity contribution in [3.8, 4) is 22.9 Å². The predicted octanol–water partition coefficient (Wildman–Crippen LogP) is 10.7. The van der Waals surface area contributed by atoms with E-state index in [1.54, 1.807) is 6.08 Å². The summed E-state index contributed by atoms with van der Waals surface area (Å²) in [5.41, 5.74) is 15.7. The van der Waals surface area contributed by atoms with Gasteiger partial charge in [-0.25, -0.2) is 9.97 Å². The number of hydrogen-bond donors (Lipinski definition) is 0. The maximum atomic E-state index is 5.31. The third-order valence-electron chi connectivity index (χ3n) is 10.6. The quantitative estimate of drug-likeness (QED) is 0.171. The molecule has 234 valence electrons. The molecular formula is C45H34N4. The molecule has 8 aromatic rings. The minimum Gasteiger partial charge on any atom is -0.309 e. The highest BCUT2D eigenvalue weighted by Gasteiger charge is 2.26. The highest BCUT2D eigenvalue weighted by atomic mass is 15.2. The zero-order valence-electron chi connectivity index (χ0n) is 27.4. The van der Waals surface area contributed by atoms with Crippen LogP contribution in [0.2, 0.25) is 0 Å². The molecule has 0 amide bonds. The molecule has 0 atom stereocenters. The third-order valence-corrected chi connectivity index (χ3v) is 10.6. The van der Waals surface area contributed by atoms with E-state index < -0.39 is 0 Å². The first kappa shape index (κ1) is 28.1. The molecule has 0 spiro atoms. The zero-order chi connectivity index (χ0) is 32.6. The van der Waals surface area contributed by atoms with E-state index in [1.165, 1.54) is 60.5 Å². The van der Waals surface area contributed by atoms with Crippen LogP contribution in [0.5, 0.6) is 0 Å². The van der Waals surface area contributed by atoms with Gasteiger partial charge >= 0.3 is 0 Å². The molecule has 0 unspecified atom stereocenters. The van der Waals surface area contributed by atoms with Gasteiger partial charge in [-0.3, -0.25) is 4.57 Å². The number of benzene rings is 5. The van der Waals surface area contributed by atoms with Crippen LogP contribution < -0.4 is 0 Å². The number of allylic oxidation sites excluding steroid dienone is 5. The topological polar surface area (TPSA) is 35.6 Å². The maximum absolute atomic E-state index is 5.31. The number of nitrogens with zero attached hydrogens (tertiary/aromatic N) is 4. The summed E-state index contributed by atoms with van der Waals surface area (Å²) < 4.78 is 4.78. The summed E-state index contributed by atoms with van der Waals surface area (Å²) >= 11 is 0. The van der Waals surface area contributed by atoms with Gasteiger partial charge in [0.1, 0.15) is 0 Å². The van der Waals surface area contributed by atoms with Crippen molar-refractivity contribution in [2.24, 2.45) is 0 Å². The van der Waals surface area contributed by atoms with Crippen molar-refractivity contribution in [1.82, 2.24) is 19.1 Å². The number of para-hydroxylation sites is 1. The number of hydrogen-bond acceptors (Lipinski definition) is 2. The van der Waals surface area contributed by atoms with Crippen LogP contribution in [0.25, 0.3) is 72.1 Å². The average molecular weight is 631 g/mol. The summed E-state index contributed by atoms with van der Waals surface area (Å²) in [6.45, 7) is 5.94. The predicted molar refractivity (Wildman–Crippen MR) is 204 cm³/mol. The van der Waals surface area contributed by atoms with Gasteiger partial charge in [-0.2, -0.15) is 0 Å². The van der Waals surface area contributed by atoms with Gasteiger partial charge in [-0.15, -0.1) is 0 Å². The second-order valence-corrected chi connectivity index (χ2v) is 13.4. The largest absolute Gasteiger partial charge is 0.309 e. The summed E-state index contributed by atoms with van der Waals surface area (Å²) in [5.74, 6) is 0.686. The summed E-state index contributed by atoms with van der Waals surface area (Å²) in [7, 11) is 0. The van der Waals surface area contributed by atoms with Crippen molar-refractivity contribution in [3.63, 3.8) is 0 Å². The Balaban J connectivity index is 1.34. The van der Waals surface area contributed by atoms with Gasteiger partial charge in [0.2, 0.25) is 5.95 Å². The summed E-state index contributed by atoms with van der Waals surface area (Å²) in [5, 5.41) is 5.17. The minimum absolute atomic E-state index is 0.686. The molecule has 49 heavy (non-hydrogen) atoms. The molecule has 4 heteroatoms. The van der Waals surface area contributed by atoms with Crippen LogP contribution in [0.15, 0.2) is 134 Å². The average Bonchev–Trinajstić information content (AvgIpc) is 3.62. The molecule has 0 aliphatic heterocycles. The molecule has 0 saturated carbocycles. The molecule has 0 fully saturated rings. The zero-order valence-corrected chi connectivity index (χ0v) is 27.4. The van der Waals surface area contributed by atoms with Crippen molar-refractivity contribution in [3.05, 3.63) is 162 Å². The van der Waals surface area contributed by atoms with Crippen LogP contribution in [-0.4, -0.2) is 19.1 Å². The van der Waals surface area contributed by atoms with E-state index in [-0.39, 0.29) is 0 Å². The molecule has 0 N–H and O–H groups in total. The number of rotatable bonds is 6. The van der Waals surface area contributed by atoms with E-state index in [4.69, 9.17) is 9.97 Å². The van der Waals surface area contributed by atoms with Crippen LogP contribution in [0, 0.1) is 0 Å². The molecule has 0 bridgehead atoms. The number of aromatic nitrogens is 4. The van der Waals surface area contributed by atoms with E-state index in [0.29, 0.717) is 5.95 Å². The van der Waals surface area contributed by atoms with Crippen LogP contribution >= 0.6 is 0 Å². The fraction of sp³-hybridized carbons (Fsp3) is 0.111. The third kappa shape index (κ3) is 4.23. The fourth-order valence-electron chi connectivity index (χ4n) is 7.93. The normalized spacial score (nSPS) is 14.0. The second-order valence-electron chi connectivity index (χ2n) is 13.4. The molecule has 4 nitrogen and oxygen atoms in total. The molecule has 5 aromatic carbocycles. The molecule has 0 saturated heterocycles. The first-order valence-corrected chi connectivity index (χ1v) is 17.2. The Labute approximate surface area is 285 Å². The van der Waals surface area contributed by atoms with E-state index in [0.717, 1.165) is 59.2 Å². The lowest BCUT2D eigenvalue weighted by Gasteiger charge is -2.19. The van der Waals surface area contributed by atoms with Crippen LogP contribution in [0.4, 0.5) is 0 Å². The van der Waals surface area contributed by atoms with Crippen molar-refractivity contribution in [2.45, 2.75) is 32.6 Å². The Morgan fingerprint density at radius 1 is 0.612 bits per heavy atom. The van der Waals surface area contributed by atoms with E-state index in [9.17, 15) is 0 Å². The lowest BCUT2D eigenvalue weighted by Crippen LogP contribution is -2.09. The molecule has 10 rings (SSSR count). The second kappa shape index (κ2) is 10.8. The van der Waals surface area contributed by atoms with Gasteiger partial charge in [-0.05, 0) is 115 Å². The van der Waals surface area contributed by atoms with Gasteiger partial charge < -0.3 is 4.57 Å². The highest BCUT2D eigenvalue weighted by molar-refractivity contribution is 6.29. The molecular weight excluding hydrogens is 597 g/mol. The van der Waals surface area contributed by atoms with Crippen molar-refractivity contribution < 1.29 is 0 Å². The first-order chi connectivity index (χ1) is 24.2. The number of aryl methyl sites for hydroxylation is 4. The summed E-state index contributed by atoms with van der Waals surface area (Å²) in [4.78, 5) is 10.6.